The van der Waals surface area contributed by atoms with Gasteiger partial charge in [0.15, 0.2) is 0 Å². The summed E-state index contributed by atoms with van der Waals surface area (Å²) >= 11 is 0. The molecule has 6 heteroatoms. The number of esters is 1. The quantitative estimate of drug-likeness (QED) is 0.691. The summed E-state index contributed by atoms with van der Waals surface area (Å²) in [5, 5.41) is 2.95. The third-order valence-electron chi connectivity index (χ3n) is 4.37. The number of carbonyl (C=O) groups excluding carboxylic acids is 3. The van der Waals surface area contributed by atoms with Crippen LogP contribution in [0.2, 0.25) is 0 Å². The first-order valence-corrected chi connectivity index (χ1v) is 8.75. The highest BCUT2D eigenvalue weighted by Crippen LogP contribution is 2.17. The molecule has 0 saturated carbocycles. The van der Waals surface area contributed by atoms with E-state index in [1.54, 1.807) is 6.92 Å². The van der Waals surface area contributed by atoms with E-state index in [9.17, 15) is 14.4 Å². The largest absolute Gasteiger partial charge is 0.466 e. The molecular weight excluding hydrogens is 296 g/mol. The van der Waals surface area contributed by atoms with Crippen LogP contribution < -0.4 is 5.32 Å². The molecule has 0 unspecified atom stereocenters. The van der Waals surface area contributed by atoms with Crippen LogP contribution in [-0.4, -0.2) is 48.4 Å². The van der Waals surface area contributed by atoms with Crippen LogP contribution in [0.3, 0.4) is 0 Å². The molecule has 1 fully saturated rings. The first-order chi connectivity index (χ1) is 11.0. The minimum atomic E-state index is -0.340. The lowest BCUT2D eigenvalue weighted by molar-refractivity contribution is -0.144. The van der Waals surface area contributed by atoms with Crippen molar-refractivity contribution in [2.24, 2.45) is 5.92 Å². The van der Waals surface area contributed by atoms with Crippen LogP contribution in [-0.2, 0) is 19.1 Å². The standard InChI is InChI=1S/C17H30N2O4/c1-4-13(5-2)17(22)19-11-9-14(10-12-19)18-15(20)7-8-16(21)23-6-3/h13-14H,4-12H2,1-3H3,(H,18,20). The average molecular weight is 326 g/mol. The van der Waals surface area contributed by atoms with Gasteiger partial charge in [-0.25, -0.2) is 0 Å². The van der Waals surface area contributed by atoms with Crippen molar-refractivity contribution in [3.05, 3.63) is 0 Å². The molecule has 0 radical (unpaired) electrons. The normalized spacial score (nSPS) is 15.6. The Bertz CT molecular complexity index is 399. The fraction of sp³-hybridized carbons (Fsp3) is 0.824. The van der Waals surface area contributed by atoms with E-state index in [2.05, 4.69) is 5.32 Å². The molecule has 0 aromatic heterocycles. The number of nitrogens with one attached hydrogen (secondary N) is 1. The second kappa shape index (κ2) is 10.2. The molecule has 1 aliphatic heterocycles. The Kier molecular flexibility index (Phi) is 8.66. The van der Waals surface area contributed by atoms with Crippen molar-refractivity contribution >= 4 is 17.8 Å². The Labute approximate surface area is 138 Å². The third-order valence-corrected chi connectivity index (χ3v) is 4.37. The monoisotopic (exact) mass is 326 g/mol. The predicted octanol–water partition coefficient (Wildman–Crippen LogP) is 1.87. The topological polar surface area (TPSA) is 75.7 Å². The Morgan fingerprint density at radius 3 is 2.22 bits per heavy atom. The maximum atomic E-state index is 12.3. The van der Waals surface area contributed by atoms with E-state index in [4.69, 9.17) is 4.74 Å². The highest BCUT2D eigenvalue weighted by molar-refractivity contribution is 5.81. The summed E-state index contributed by atoms with van der Waals surface area (Å²) in [5.74, 6) is -0.108. The molecule has 0 aromatic carbocycles. The third kappa shape index (κ3) is 6.59. The Morgan fingerprint density at radius 1 is 1.09 bits per heavy atom. The molecule has 132 valence electrons. The van der Waals surface area contributed by atoms with Crippen LogP contribution in [0.4, 0.5) is 0 Å². The van der Waals surface area contributed by atoms with Gasteiger partial charge in [-0.1, -0.05) is 13.8 Å². The van der Waals surface area contributed by atoms with Crippen LogP contribution >= 0.6 is 0 Å². The zero-order chi connectivity index (χ0) is 17.2. The summed E-state index contributed by atoms with van der Waals surface area (Å²) in [4.78, 5) is 37.3. The van der Waals surface area contributed by atoms with Crippen molar-refractivity contribution in [3.63, 3.8) is 0 Å². The number of hydrogen-bond donors (Lipinski definition) is 1. The van der Waals surface area contributed by atoms with Gasteiger partial charge < -0.3 is 15.0 Å². The zero-order valence-corrected chi connectivity index (χ0v) is 14.6. The fourth-order valence-corrected chi connectivity index (χ4v) is 2.89. The number of carbonyl (C=O) groups is 3. The minimum absolute atomic E-state index is 0.0930. The fourth-order valence-electron chi connectivity index (χ4n) is 2.89. The number of hydrogen-bond acceptors (Lipinski definition) is 4. The lowest BCUT2D eigenvalue weighted by Crippen LogP contribution is -2.48. The van der Waals surface area contributed by atoms with Crippen molar-refractivity contribution in [1.29, 1.82) is 0 Å². The van der Waals surface area contributed by atoms with Gasteiger partial charge in [0.05, 0.1) is 13.0 Å². The molecule has 6 nitrogen and oxygen atoms in total. The summed E-state index contributed by atoms with van der Waals surface area (Å²) in [7, 11) is 0. The van der Waals surface area contributed by atoms with Crippen molar-refractivity contribution in [2.45, 2.75) is 65.3 Å². The molecule has 1 aliphatic rings. The van der Waals surface area contributed by atoms with E-state index in [0.29, 0.717) is 19.7 Å². The van der Waals surface area contributed by atoms with Gasteiger partial charge in [0.2, 0.25) is 11.8 Å². The lowest BCUT2D eigenvalue weighted by Gasteiger charge is -2.34. The predicted molar refractivity (Wildman–Crippen MR) is 87.7 cm³/mol. The Morgan fingerprint density at radius 2 is 1.70 bits per heavy atom. The van der Waals surface area contributed by atoms with Crippen LogP contribution in [0.1, 0.15) is 59.3 Å². The first kappa shape index (κ1) is 19.5. The van der Waals surface area contributed by atoms with Gasteiger partial charge in [-0.15, -0.1) is 0 Å². The molecule has 0 aliphatic carbocycles. The van der Waals surface area contributed by atoms with Crippen molar-refractivity contribution in [3.8, 4) is 0 Å². The number of nitrogens with zero attached hydrogens (tertiary/aromatic N) is 1. The number of amides is 2. The van der Waals surface area contributed by atoms with Gasteiger partial charge in [0.1, 0.15) is 0 Å². The maximum Gasteiger partial charge on any atom is 0.306 e. The second-order valence-corrected chi connectivity index (χ2v) is 5.99. The molecule has 0 atom stereocenters. The van der Waals surface area contributed by atoms with E-state index in [1.807, 2.05) is 18.7 Å². The molecule has 1 heterocycles. The van der Waals surface area contributed by atoms with Crippen molar-refractivity contribution in [1.82, 2.24) is 10.2 Å². The lowest BCUT2D eigenvalue weighted by atomic mass is 9.98. The summed E-state index contributed by atoms with van der Waals surface area (Å²) in [6.45, 7) is 7.56. The van der Waals surface area contributed by atoms with E-state index < -0.39 is 0 Å². The van der Waals surface area contributed by atoms with E-state index in [0.717, 1.165) is 25.7 Å². The van der Waals surface area contributed by atoms with Crippen LogP contribution in [0.15, 0.2) is 0 Å². The molecular formula is C17H30N2O4. The first-order valence-electron chi connectivity index (χ1n) is 8.75. The van der Waals surface area contributed by atoms with Crippen LogP contribution in [0.5, 0.6) is 0 Å². The van der Waals surface area contributed by atoms with Crippen LogP contribution in [0.25, 0.3) is 0 Å². The van der Waals surface area contributed by atoms with Crippen molar-refractivity contribution < 1.29 is 19.1 Å². The number of piperidine rings is 1. The average Bonchev–Trinajstić information content (AvgIpc) is 2.55. The van der Waals surface area contributed by atoms with Crippen molar-refractivity contribution in [2.75, 3.05) is 19.7 Å². The van der Waals surface area contributed by atoms with E-state index >= 15 is 0 Å². The molecule has 2 amide bonds. The molecule has 1 rings (SSSR count). The molecule has 1 N–H and O–H groups in total. The van der Waals surface area contributed by atoms with E-state index in [1.165, 1.54) is 0 Å². The summed E-state index contributed by atoms with van der Waals surface area (Å²) in [6, 6.07) is 0.0930. The van der Waals surface area contributed by atoms with Gasteiger partial charge in [-0.2, -0.15) is 0 Å². The molecule has 1 saturated heterocycles. The Hall–Kier alpha value is -1.59. The molecule has 0 bridgehead atoms. The highest BCUT2D eigenvalue weighted by atomic mass is 16.5. The van der Waals surface area contributed by atoms with Gasteiger partial charge in [0.25, 0.3) is 0 Å². The van der Waals surface area contributed by atoms with E-state index in [-0.39, 0.29) is 42.6 Å². The number of ether oxygens (including phenoxy) is 1. The molecule has 0 spiro atoms. The van der Waals surface area contributed by atoms with Crippen LogP contribution in [0, 0.1) is 5.92 Å². The van der Waals surface area contributed by atoms with Gasteiger partial charge in [-0.05, 0) is 32.6 Å². The van der Waals surface area contributed by atoms with Gasteiger partial charge >= 0.3 is 5.97 Å². The molecule has 23 heavy (non-hydrogen) atoms. The maximum absolute atomic E-state index is 12.3. The SMILES string of the molecule is CCOC(=O)CCC(=O)NC1CCN(C(=O)C(CC)CC)CC1. The minimum Gasteiger partial charge on any atom is -0.466 e. The zero-order valence-electron chi connectivity index (χ0n) is 14.6. The summed E-state index contributed by atoms with van der Waals surface area (Å²) in [6.07, 6.45) is 3.57. The van der Waals surface area contributed by atoms with Gasteiger partial charge in [-0.3, -0.25) is 14.4 Å². The Balaban J connectivity index is 2.29. The summed E-state index contributed by atoms with van der Waals surface area (Å²) in [5.41, 5.74) is 0. The number of rotatable bonds is 8. The van der Waals surface area contributed by atoms with Gasteiger partial charge in [0, 0.05) is 31.5 Å². The number of likely N-dealkylation sites (tertiary alicyclic amines) is 1. The second-order valence-electron chi connectivity index (χ2n) is 5.99. The highest BCUT2D eigenvalue weighted by Gasteiger charge is 2.27. The molecule has 0 aromatic rings. The smallest absolute Gasteiger partial charge is 0.306 e. The summed E-state index contributed by atoms with van der Waals surface area (Å²) < 4.78 is 4.80.